The maximum Gasteiger partial charge on any atom is 0.290 e. The number of para-hydroxylation sites is 1. The van der Waals surface area contributed by atoms with E-state index < -0.39 is 11.8 Å². The zero-order valence-corrected chi connectivity index (χ0v) is 18.2. The van der Waals surface area contributed by atoms with Gasteiger partial charge in [-0.25, -0.2) is 9.20 Å². The molecular formula is C23H19N7O4. The highest BCUT2D eigenvalue weighted by atomic mass is 16.2. The molecule has 3 N–H and O–H groups in total. The van der Waals surface area contributed by atoms with Crippen molar-refractivity contribution in [3.8, 4) is 0 Å². The molecule has 0 bridgehead atoms. The minimum atomic E-state index is -0.700. The van der Waals surface area contributed by atoms with Crippen LogP contribution in [0.2, 0.25) is 0 Å². The van der Waals surface area contributed by atoms with Crippen molar-refractivity contribution in [3.63, 3.8) is 0 Å². The lowest BCUT2D eigenvalue weighted by Gasteiger charge is -2.13. The number of aromatic amines is 1. The molecule has 0 aliphatic carbocycles. The quantitative estimate of drug-likeness (QED) is 0.351. The minimum absolute atomic E-state index is 0.0107. The van der Waals surface area contributed by atoms with E-state index in [1.54, 1.807) is 62.4 Å². The Kier molecular flexibility index (Phi) is 4.93. The normalized spacial score (nSPS) is 11.4. The summed E-state index contributed by atoms with van der Waals surface area (Å²) in [6, 6.07) is 13.2. The SMILES string of the molecule is CC(C)n1nc(C(=O)NNC(=O)c2cnn3c2[nH]c(=O)c2ccccc23)c2ccccc2c1=O. The fourth-order valence-electron chi connectivity index (χ4n) is 3.81. The molecule has 11 heteroatoms. The summed E-state index contributed by atoms with van der Waals surface area (Å²) in [5.41, 5.74) is 4.76. The van der Waals surface area contributed by atoms with Crippen molar-refractivity contribution in [3.05, 3.63) is 86.7 Å². The van der Waals surface area contributed by atoms with E-state index in [0.29, 0.717) is 21.7 Å². The summed E-state index contributed by atoms with van der Waals surface area (Å²) in [7, 11) is 0. The first-order valence-electron chi connectivity index (χ1n) is 10.5. The van der Waals surface area contributed by atoms with E-state index >= 15 is 0 Å². The smallest absolute Gasteiger partial charge is 0.290 e. The fourth-order valence-corrected chi connectivity index (χ4v) is 3.81. The predicted molar refractivity (Wildman–Crippen MR) is 125 cm³/mol. The maximum atomic E-state index is 12.9. The highest BCUT2D eigenvalue weighted by Crippen LogP contribution is 2.16. The number of fused-ring (bicyclic) bond motifs is 4. The Labute approximate surface area is 191 Å². The zero-order valence-electron chi connectivity index (χ0n) is 18.2. The number of nitrogens with one attached hydrogen (secondary N) is 3. The van der Waals surface area contributed by atoms with Gasteiger partial charge in [-0.2, -0.15) is 10.2 Å². The maximum absolute atomic E-state index is 12.9. The molecule has 0 unspecified atom stereocenters. The molecule has 5 rings (SSSR count). The zero-order chi connectivity index (χ0) is 24.0. The molecule has 0 radical (unpaired) electrons. The molecule has 0 saturated heterocycles. The third kappa shape index (κ3) is 3.30. The van der Waals surface area contributed by atoms with Crippen molar-refractivity contribution in [1.82, 2.24) is 35.2 Å². The van der Waals surface area contributed by atoms with Crippen LogP contribution in [-0.4, -0.2) is 36.2 Å². The van der Waals surface area contributed by atoms with Gasteiger partial charge in [0.15, 0.2) is 5.69 Å². The Hall–Kier alpha value is -4.80. The Morgan fingerprint density at radius 1 is 0.912 bits per heavy atom. The van der Waals surface area contributed by atoms with Gasteiger partial charge in [-0.15, -0.1) is 0 Å². The van der Waals surface area contributed by atoms with Crippen molar-refractivity contribution >= 4 is 39.1 Å². The number of benzene rings is 2. The molecule has 34 heavy (non-hydrogen) atoms. The van der Waals surface area contributed by atoms with Gasteiger partial charge < -0.3 is 4.98 Å². The molecule has 0 aliphatic heterocycles. The van der Waals surface area contributed by atoms with Crippen LogP contribution in [0, 0.1) is 0 Å². The summed E-state index contributed by atoms with van der Waals surface area (Å²) in [6.45, 7) is 3.56. The molecule has 0 spiro atoms. The molecule has 3 heterocycles. The van der Waals surface area contributed by atoms with Crippen LogP contribution in [0.25, 0.3) is 27.3 Å². The van der Waals surface area contributed by atoms with Crippen molar-refractivity contribution < 1.29 is 9.59 Å². The summed E-state index contributed by atoms with van der Waals surface area (Å²) < 4.78 is 2.67. The van der Waals surface area contributed by atoms with Gasteiger partial charge in [0.1, 0.15) is 11.2 Å². The monoisotopic (exact) mass is 457 g/mol. The van der Waals surface area contributed by atoms with Gasteiger partial charge in [-0.05, 0) is 32.0 Å². The molecule has 3 aromatic heterocycles. The summed E-state index contributed by atoms with van der Waals surface area (Å²) in [4.78, 5) is 53.5. The lowest BCUT2D eigenvalue weighted by molar-refractivity contribution is 0.0844. The van der Waals surface area contributed by atoms with E-state index in [2.05, 4.69) is 26.0 Å². The second-order valence-electron chi connectivity index (χ2n) is 7.94. The van der Waals surface area contributed by atoms with Crippen LogP contribution in [0.3, 0.4) is 0 Å². The van der Waals surface area contributed by atoms with Crippen LogP contribution in [0.15, 0.2) is 64.3 Å². The van der Waals surface area contributed by atoms with Crippen LogP contribution in [0.4, 0.5) is 0 Å². The van der Waals surface area contributed by atoms with Crippen LogP contribution in [-0.2, 0) is 0 Å². The Bertz CT molecular complexity index is 1730. The van der Waals surface area contributed by atoms with Crippen molar-refractivity contribution in [2.24, 2.45) is 0 Å². The van der Waals surface area contributed by atoms with Crippen LogP contribution in [0.1, 0.15) is 40.7 Å². The van der Waals surface area contributed by atoms with E-state index in [1.165, 1.54) is 15.4 Å². The topological polar surface area (TPSA) is 143 Å². The fraction of sp³-hybridized carbons (Fsp3) is 0.130. The average Bonchev–Trinajstić information content (AvgIpc) is 3.27. The Morgan fingerprint density at radius 3 is 2.29 bits per heavy atom. The number of amides is 2. The lowest BCUT2D eigenvalue weighted by atomic mass is 10.1. The lowest BCUT2D eigenvalue weighted by Crippen LogP contribution is -2.43. The molecule has 2 aromatic carbocycles. The van der Waals surface area contributed by atoms with E-state index in [0.717, 1.165) is 0 Å². The molecule has 0 fully saturated rings. The number of carbonyl (C=O) groups excluding carboxylic acids is 2. The third-order valence-electron chi connectivity index (χ3n) is 5.44. The molecule has 5 aromatic rings. The minimum Gasteiger partial charge on any atom is -0.306 e. The Morgan fingerprint density at radius 2 is 1.56 bits per heavy atom. The molecular weight excluding hydrogens is 438 g/mol. The van der Waals surface area contributed by atoms with E-state index in [-0.39, 0.29) is 34.1 Å². The van der Waals surface area contributed by atoms with Crippen LogP contribution in [0.5, 0.6) is 0 Å². The summed E-state index contributed by atoms with van der Waals surface area (Å²) in [6.07, 6.45) is 1.30. The first-order chi connectivity index (χ1) is 16.4. The van der Waals surface area contributed by atoms with Gasteiger partial charge in [-0.1, -0.05) is 30.3 Å². The predicted octanol–water partition coefficient (Wildman–Crippen LogP) is 1.54. The highest BCUT2D eigenvalue weighted by Gasteiger charge is 2.20. The number of hydrogen-bond acceptors (Lipinski definition) is 6. The molecule has 170 valence electrons. The van der Waals surface area contributed by atoms with Crippen molar-refractivity contribution in [2.75, 3.05) is 0 Å². The van der Waals surface area contributed by atoms with Crippen molar-refractivity contribution in [1.29, 1.82) is 0 Å². The standard InChI is InChI=1S/C23H19N7O4/c1-12(2)29-23(34)14-8-4-3-7-13(14)18(28-29)22(33)27-26-21(32)16-11-24-30-17-10-6-5-9-15(17)20(31)25-19(16)30/h3-12H,1-2H3,(H,25,31)(H,26,32)(H,27,33). The number of hydrogen-bond donors (Lipinski definition) is 3. The van der Waals surface area contributed by atoms with Gasteiger partial charge >= 0.3 is 0 Å². The van der Waals surface area contributed by atoms with Crippen LogP contribution >= 0.6 is 0 Å². The van der Waals surface area contributed by atoms with Crippen molar-refractivity contribution in [2.45, 2.75) is 19.9 Å². The van der Waals surface area contributed by atoms with E-state index in [4.69, 9.17) is 0 Å². The summed E-state index contributed by atoms with van der Waals surface area (Å²) >= 11 is 0. The molecule has 0 atom stereocenters. The number of rotatable bonds is 3. The first-order valence-corrected chi connectivity index (χ1v) is 10.5. The average molecular weight is 457 g/mol. The Balaban J connectivity index is 1.47. The molecule has 2 amide bonds. The van der Waals surface area contributed by atoms with Gasteiger partial charge in [0.25, 0.3) is 22.9 Å². The largest absolute Gasteiger partial charge is 0.306 e. The van der Waals surface area contributed by atoms with Gasteiger partial charge in [-0.3, -0.25) is 30.0 Å². The number of nitrogens with zero attached hydrogens (tertiary/aromatic N) is 4. The third-order valence-corrected chi connectivity index (χ3v) is 5.44. The number of aromatic nitrogens is 5. The first kappa shape index (κ1) is 21.1. The van der Waals surface area contributed by atoms with Gasteiger partial charge in [0.2, 0.25) is 0 Å². The molecule has 0 saturated carbocycles. The number of carbonyl (C=O) groups is 2. The second kappa shape index (κ2) is 7.96. The summed E-state index contributed by atoms with van der Waals surface area (Å²) in [5, 5.41) is 9.55. The van der Waals surface area contributed by atoms with Crippen LogP contribution < -0.4 is 22.0 Å². The number of hydrazine groups is 1. The van der Waals surface area contributed by atoms with Gasteiger partial charge in [0.05, 0.1) is 28.5 Å². The van der Waals surface area contributed by atoms with Gasteiger partial charge in [0, 0.05) is 5.39 Å². The second-order valence-corrected chi connectivity index (χ2v) is 7.94. The van der Waals surface area contributed by atoms with E-state index in [1.807, 2.05) is 0 Å². The summed E-state index contributed by atoms with van der Waals surface area (Å²) in [5.74, 6) is -1.38. The van der Waals surface area contributed by atoms with E-state index in [9.17, 15) is 19.2 Å². The number of H-pyrrole nitrogens is 1. The molecule has 11 nitrogen and oxygen atoms in total. The molecule has 0 aliphatic rings. The highest BCUT2D eigenvalue weighted by molar-refractivity contribution is 6.07.